The number of rotatable bonds is 4. The lowest BCUT2D eigenvalue weighted by Crippen LogP contribution is -2.19. The monoisotopic (exact) mass is 321 g/mol. The quantitative estimate of drug-likeness (QED) is 0.938. The zero-order valence-corrected chi connectivity index (χ0v) is 13.2. The number of nitrogens with one attached hydrogen (secondary N) is 1. The number of ether oxygens (including phenoxy) is 1. The van der Waals surface area contributed by atoms with Crippen LogP contribution in [0.25, 0.3) is 0 Å². The predicted molar refractivity (Wildman–Crippen MR) is 85.4 cm³/mol. The second-order valence-electron chi connectivity index (χ2n) is 4.75. The number of carbonyl (C=O) groups is 1. The maximum atomic E-state index is 12.4. The van der Waals surface area contributed by atoms with Crippen molar-refractivity contribution in [3.8, 4) is 5.88 Å². The number of aromatic nitrogens is 2. The number of amides is 1. The Hall–Kier alpha value is -1.60. The largest absolute Gasteiger partial charge is 0.473 e. The van der Waals surface area contributed by atoms with Gasteiger partial charge in [0.15, 0.2) is 0 Å². The van der Waals surface area contributed by atoms with Crippen molar-refractivity contribution in [1.29, 1.82) is 0 Å². The highest BCUT2D eigenvalue weighted by Gasteiger charge is 2.21. The van der Waals surface area contributed by atoms with Crippen molar-refractivity contribution in [2.45, 2.75) is 19.4 Å². The van der Waals surface area contributed by atoms with Gasteiger partial charge in [-0.1, -0.05) is 0 Å². The minimum atomic E-state index is -0.215. The molecule has 1 N–H and O–H groups in total. The first kappa shape index (κ1) is 14.3. The lowest BCUT2D eigenvalue weighted by molar-refractivity contribution is 0.101. The van der Waals surface area contributed by atoms with Crippen LogP contribution in [0.2, 0.25) is 0 Å². The van der Waals surface area contributed by atoms with Gasteiger partial charge in [-0.2, -0.15) is 16.1 Å². The van der Waals surface area contributed by atoms with Gasteiger partial charge in [-0.25, -0.2) is 4.98 Å². The molecule has 7 heteroatoms. The van der Waals surface area contributed by atoms with Crippen LogP contribution in [0.4, 0.5) is 5.00 Å². The third kappa shape index (κ3) is 3.54. The average molecular weight is 321 g/mol. The molecular formula is C14H15N3O2S2. The normalized spacial score (nSPS) is 17.7. The molecule has 0 bridgehead atoms. The molecule has 1 aliphatic rings. The Labute approximate surface area is 131 Å². The van der Waals surface area contributed by atoms with E-state index in [1.165, 1.54) is 11.5 Å². The SMILES string of the molecule is Cc1cc(NC(=O)c2cccnc2O[C@H]2CCSC2)sn1. The fourth-order valence-corrected chi connectivity index (χ4v) is 3.77. The van der Waals surface area contributed by atoms with E-state index in [4.69, 9.17) is 4.74 Å². The van der Waals surface area contributed by atoms with E-state index in [0.717, 1.165) is 28.6 Å². The summed E-state index contributed by atoms with van der Waals surface area (Å²) in [4.78, 5) is 16.6. The smallest absolute Gasteiger partial charge is 0.261 e. The first-order valence-electron chi connectivity index (χ1n) is 6.66. The van der Waals surface area contributed by atoms with Crippen LogP contribution in [-0.4, -0.2) is 32.9 Å². The molecule has 2 aromatic heterocycles. The highest BCUT2D eigenvalue weighted by Crippen LogP contribution is 2.25. The van der Waals surface area contributed by atoms with Gasteiger partial charge in [-0.3, -0.25) is 4.79 Å². The van der Waals surface area contributed by atoms with Crippen LogP contribution in [0.15, 0.2) is 24.4 Å². The summed E-state index contributed by atoms with van der Waals surface area (Å²) in [6.45, 7) is 1.89. The van der Waals surface area contributed by atoms with Crippen molar-refractivity contribution in [3.63, 3.8) is 0 Å². The van der Waals surface area contributed by atoms with Crippen molar-refractivity contribution in [2.24, 2.45) is 0 Å². The van der Waals surface area contributed by atoms with E-state index in [-0.39, 0.29) is 12.0 Å². The fraction of sp³-hybridized carbons (Fsp3) is 0.357. The molecule has 0 unspecified atom stereocenters. The second-order valence-corrected chi connectivity index (χ2v) is 6.70. The van der Waals surface area contributed by atoms with Gasteiger partial charge in [0.2, 0.25) is 5.88 Å². The number of hydrogen-bond acceptors (Lipinski definition) is 6. The molecular weight excluding hydrogens is 306 g/mol. The molecule has 5 nitrogen and oxygen atoms in total. The van der Waals surface area contributed by atoms with Crippen LogP contribution in [-0.2, 0) is 0 Å². The number of nitrogens with zero attached hydrogens (tertiary/aromatic N) is 2. The van der Waals surface area contributed by atoms with E-state index in [9.17, 15) is 4.79 Å². The Bertz CT molecular complexity index is 639. The van der Waals surface area contributed by atoms with E-state index < -0.39 is 0 Å². The maximum Gasteiger partial charge on any atom is 0.261 e. The van der Waals surface area contributed by atoms with E-state index >= 15 is 0 Å². The van der Waals surface area contributed by atoms with Gasteiger partial charge in [0.05, 0.1) is 5.69 Å². The zero-order valence-electron chi connectivity index (χ0n) is 11.5. The number of hydrogen-bond donors (Lipinski definition) is 1. The number of pyridine rings is 1. The standard InChI is InChI=1S/C14H15N3O2S2/c1-9-7-12(21-17-9)16-13(18)11-3-2-5-15-14(11)19-10-4-6-20-8-10/h2-3,5,7,10H,4,6,8H2,1H3,(H,16,18)/t10-/m0/s1. The first-order valence-corrected chi connectivity index (χ1v) is 8.59. The number of thioether (sulfide) groups is 1. The molecule has 2 aromatic rings. The molecule has 0 aromatic carbocycles. The molecule has 1 aliphatic heterocycles. The summed E-state index contributed by atoms with van der Waals surface area (Å²) >= 11 is 3.13. The molecule has 110 valence electrons. The Balaban J connectivity index is 1.75. The molecule has 0 spiro atoms. The number of anilines is 1. The van der Waals surface area contributed by atoms with Crippen LogP contribution in [0.1, 0.15) is 22.5 Å². The topological polar surface area (TPSA) is 64.1 Å². The molecule has 1 atom stereocenters. The fourth-order valence-electron chi connectivity index (χ4n) is 2.02. The minimum Gasteiger partial charge on any atom is -0.473 e. The Morgan fingerprint density at radius 3 is 3.14 bits per heavy atom. The second kappa shape index (κ2) is 6.44. The summed E-state index contributed by atoms with van der Waals surface area (Å²) < 4.78 is 10.0. The lowest BCUT2D eigenvalue weighted by atomic mass is 10.2. The highest BCUT2D eigenvalue weighted by molar-refractivity contribution is 7.99. The summed E-state index contributed by atoms with van der Waals surface area (Å²) in [6, 6.07) is 5.31. The Kier molecular flexibility index (Phi) is 4.40. The summed E-state index contributed by atoms with van der Waals surface area (Å²) in [5.41, 5.74) is 1.35. The summed E-state index contributed by atoms with van der Waals surface area (Å²) in [5, 5.41) is 3.56. The van der Waals surface area contributed by atoms with Crippen molar-refractivity contribution in [1.82, 2.24) is 9.36 Å². The first-order chi connectivity index (χ1) is 10.2. The average Bonchev–Trinajstić information content (AvgIpc) is 3.11. The third-order valence-corrected chi connectivity index (χ3v) is 4.97. The van der Waals surface area contributed by atoms with E-state index in [1.54, 1.807) is 18.3 Å². The maximum absolute atomic E-state index is 12.4. The van der Waals surface area contributed by atoms with Gasteiger partial charge < -0.3 is 10.1 Å². The van der Waals surface area contributed by atoms with Gasteiger partial charge in [0.25, 0.3) is 5.91 Å². The summed E-state index contributed by atoms with van der Waals surface area (Å²) in [6.07, 6.45) is 2.78. The predicted octanol–water partition coefficient (Wildman–Crippen LogP) is 2.98. The van der Waals surface area contributed by atoms with Crippen LogP contribution in [0, 0.1) is 6.92 Å². The third-order valence-electron chi connectivity index (χ3n) is 3.05. The van der Waals surface area contributed by atoms with Crippen LogP contribution in [0.3, 0.4) is 0 Å². The molecule has 1 amide bonds. The van der Waals surface area contributed by atoms with Gasteiger partial charge in [-0.05, 0) is 48.8 Å². The zero-order chi connectivity index (χ0) is 14.7. The lowest BCUT2D eigenvalue weighted by Gasteiger charge is -2.14. The van der Waals surface area contributed by atoms with Crippen molar-refractivity contribution >= 4 is 34.2 Å². The number of aryl methyl sites for hydroxylation is 1. The molecule has 0 radical (unpaired) electrons. The Morgan fingerprint density at radius 1 is 1.52 bits per heavy atom. The van der Waals surface area contributed by atoms with Crippen LogP contribution >= 0.6 is 23.3 Å². The van der Waals surface area contributed by atoms with E-state index in [0.29, 0.717) is 11.4 Å². The molecule has 3 heterocycles. The summed E-state index contributed by atoms with van der Waals surface area (Å²) in [5.74, 6) is 2.24. The van der Waals surface area contributed by atoms with Gasteiger partial charge >= 0.3 is 0 Å². The molecule has 0 saturated carbocycles. The number of carbonyl (C=O) groups excluding carboxylic acids is 1. The van der Waals surface area contributed by atoms with E-state index in [2.05, 4.69) is 14.7 Å². The van der Waals surface area contributed by atoms with Crippen molar-refractivity contribution < 1.29 is 9.53 Å². The van der Waals surface area contributed by atoms with Gasteiger partial charge in [0.1, 0.15) is 16.7 Å². The molecule has 0 aliphatic carbocycles. The van der Waals surface area contributed by atoms with Crippen LogP contribution < -0.4 is 10.1 Å². The molecule has 1 saturated heterocycles. The molecule has 21 heavy (non-hydrogen) atoms. The van der Waals surface area contributed by atoms with Crippen molar-refractivity contribution in [3.05, 3.63) is 35.7 Å². The van der Waals surface area contributed by atoms with Gasteiger partial charge in [-0.15, -0.1) is 0 Å². The molecule has 1 fully saturated rings. The highest BCUT2D eigenvalue weighted by atomic mass is 32.2. The van der Waals surface area contributed by atoms with Gasteiger partial charge in [0, 0.05) is 11.9 Å². The summed E-state index contributed by atoms with van der Waals surface area (Å²) in [7, 11) is 0. The minimum absolute atomic E-state index is 0.141. The van der Waals surface area contributed by atoms with Crippen LogP contribution in [0.5, 0.6) is 5.88 Å². The Morgan fingerprint density at radius 2 is 2.43 bits per heavy atom. The van der Waals surface area contributed by atoms with E-state index in [1.807, 2.05) is 24.8 Å². The van der Waals surface area contributed by atoms with Crippen molar-refractivity contribution in [2.75, 3.05) is 16.8 Å². The molecule has 3 rings (SSSR count).